The van der Waals surface area contributed by atoms with Gasteiger partial charge in [0.05, 0.1) is 16.1 Å². The number of fused-ring (bicyclic) bond motifs is 1. The largest absolute Gasteiger partial charge is 0.277 e. The Morgan fingerprint density at radius 3 is 2.41 bits per heavy atom. The summed E-state index contributed by atoms with van der Waals surface area (Å²) in [5, 5.41) is 0.898. The van der Waals surface area contributed by atoms with Gasteiger partial charge in [0.1, 0.15) is 0 Å². The monoisotopic (exact) mass is 312 g/mol. The predicted octanol–water partition coefficient (Wildman–Crippen LogP) is 3.65. The van der Waals surface area contributed by atoms with Gasteiger partial charge in [0.25, 0.3) is 10.0 Å². The quantitative estimate of drug-likeness (QED) is 0.803. The number of nitrogens with zero attached hydrogens (tertiary/aromatic N) is 1. The second-order valence-corrected chi connectivity index (χ2v) is 6.93. The van der Waals surface area contributed by atoms with E-state index in [0.717, 1.165) is 16.5 Å². The Balaban J connectivity index is 2.09. The van der Waals surface area contributed by atoms with Crippen molar-refractivity contribution in [2.75, 3.05) is 4.72 Å². The van der Waals surface area contributed by atoms with Crippen LogP contribution >= 0.6 is 0 Å². The van der Waals surface area contributed by atoms with E-state index in [2.05, 4.69) is 9.71 Å². The first-order valence-electron chi connectivity index (χ1n) is 6.91. The highest BCUT2D eigenvalue weighted by Crippen LogP contribution is 2.27. The van der Waals surface area contributed by atoms with E-state index >= 15 is 0 Å². The number of aromatic nitrogens is 1. The van der Waals surface area contributed by atoms with E-state index in [4.69, 9.17) is 0 Å². The number of sulfonamides is 1. The van der Waals surface area contributed by atoms with Crippen molar-refractivity contribution in [2.24, 2.45) is 0 Å². The second-order valence-electron chi connectivity index (χ2n) is 5.25. The normalized spacial score (nSPS) is 11.5. The van der Waals surface area contributed by atoms with Crippen LogP contribution in [0.2, 0.25) is 0 Å². The number of hydrogen-bond acceptors (Lipinski definition) is 3. The van der Waals surface area contributed by atoms with E-state index in [1.165, 1.54) is 0 Å². The zero-order valence-corrected chi connectivity index (χ0v) is 13.2. The lowest BCUT2D eigenvalue weighted by atomic mass is 10.1. The zero-order chi connectivity index (χ0) is 15.7. The molecule has 0 unspecified atom stereocenters. The highest BCUT2D eigenvalue weighted by molar-refractivity contribution is 7.92. The summed E-state index contributed by atoms with van der Waals surface area (Å²) in [4.78, 5) is 4.55. The van der Waals surface area contributed by atoms with Crippen molar-refractivity contribution in [1.29, 1.82) is 0 Å². The van der Waals surface area contributed by atoms with Crippen LogP contribution in [-0.2, 0) is 10.0 Å². The molecular formula is C17H16N2O2S. The minimum Gasteiger partial charge on any atom is -0.277 e. The van der Waals surface area contributed by atoms with Gasteiger partial charge in [-0.2, -0.15) is 0 Å². The standard InChI is InChI=1S/C17H16N2O2S/c1-12-5-9-15(10-6-12)22(20,21)19-16-13(2)7-8-14-4-3-11-18-17(14)16/h3-11,19H,1-2H3. The zero-order valence-electron chi connectivity index (χ0n) is 12.4. The molecule has 0 saturated heterocycles. The molecule has 1 heterocycles. The summed E-state index contributed by atoms with van der Waals surface area (Å²) < 4.78 is 27.8. The molecule has 4 nitrogen and oxygen atoms in total. The minimum atomic E-state index is -3.63. The third-order valence-electron chi connectivity index (χ3n) is 3.55. The van der Waals surface area contributed by atoms with Crippen molar-refractivity contribution in [1.82, 2.24) is 4.98 Å². The van der Waals surface area contributed by atoms with Crippen LogP contribution in [0.3, 0.4) is 0 Å². The van der Waals surface area contributed by atoms with Crippen LogP contribution in [-0.4, -0.2) is 13.4 Å². The molecule has 3 aromatic rings. The third-order valence-corrected chi connectivity index (χ3v) is 4.92. The lowest BCUT2D eigenvalue weighted by Crippen LogP contribution is -2.14. The van der Waals surface area contributed by atoms with Gasteiger partial charge in [-0.05, 0) is 37.6 Å². The highest BCUT2D eigenvalue weighted by atomic mass is 32.2. The number of pyridine rings is 1. The molecule has 0 radical (unpaired) electrons. The maximum Gasteiger partial charge on any atom is 0.261 e. The Hall–Kier alpha value is -2.40. The van der Waals surface area contributed by atoms with Gasteiger partial charge in [-0.15, -0.1) is 0 Å². The van der Waals surface area contributed by atoms with Crippen LogP contribution < -0.4 is 4.72 Å². The number of anilines is 1. The second kappa shape index (κ2) is 5.42. The van der Waals surface area contributed by atoms with Crippen LogP contribution in [0.15, 0.2) is 59.6 Å². The van der Waals surface area contributed by atoms with E-state index < -0.39 is 10.0 Å². The number of hydrogen-bond donors (Lipinski definition) is 1. The average molecular weight is 312 g/mol. The van der Waals surface area contributed by atoms with Crippen LogP contribution in [0, 0.1) is 13.8 Å². The van der Waals surface area contributed by atoms with Gasteiger partial charge >= 0.3 is 0 Å². The van der Waals surface area contributed by atoms with E-state index in [0.29, 0.717) is 11.2 Å². The third kappa shape index (κ3) is 2.67. The van der Waals surface area contributed by atoms with Gasteiger partial charge in [-0.25, -0.2) is 8.42 Å². The minimum absolute atomic E-state index is 0.241. The summed E-state index contributed by atoms with van der Waals surface area (Å²) in [7, 11) is -3.63. The molecule has 22 heavy (non-hydrogen) atoms. The van der Waals surface area contributed by atoms with E-state index in [-0.39, 0.29) is 4.90 Å². The van der Waals surface area contributed by atoms with Crippen LogP contribution in [0.5, 0.6) is 0 Å². The van der Waals surface area contributed by atoms with Gasteiger partial charge in [-0.1, -0.05) is 35.9 Å². The lowest BCUT2D eigenvalue weighted by Gasteiger charge is -2.13. The molecule has 3 rings (SSSR count). The highest BCUT2D eigenvalue weighted by Gasteiger charge is 2.17. The summed E-state index contributed by atoms with van der Waals surface area (Å²) >= 11 is 0. The maximum absolute atomic E-state index is 12.6. The molecule has 0 fully saturated rings. The Morgan fingerprint density at radius 2 is 1.68 bits per heavy atom. The molecule has 0 spiro atoms. The van der Waals surface area contributed by atoms with Gasteiger partial charge in [0.15, 0.2) is 0 Å². The fraction of sp³-hybridized carbons (Fsp3) is 0.118. The van der Waals surface area contributed by atoms with Crippen molar-refractivity contribution in [3.63, 3.8) is 0 Å². The molecule has 1 aromatic heterocycles. The Bertz CT molecular complexity index is 933. The summed E-state index contributed by atoms with van der Waals surface area (Å²) in [5.74, 6) is 0. The molecule has 112 valence electrons. The Morgan fingerprint density at radius 1 is 0.955 bits per heavy atom. The Kier molecular flexibility index (Phi) is 3.58. The van der Waals surface area contributed by atoms with Crippen molar-refractivity contribution in [3.8, 4) is 0 Å². The van der Waals surface area contributed by atoms with Crippen molar-refractivity contribution >= 4 is 26.6 Å². The molecule has 0 atom stereocenters. The van der Waals surface area contributed by atoms with E-state index in [1.807, 2.05) is 38.1 Å². The van der Waals surface area contributed by atoms with Gasteiger partial charge < -0.3 is 0 Å². The molecule has 0 amide bonds. The van der Waals surface area contributed by atoms with Gasteiger partial charge in [-0.3, -0.25) is 9.71 Å². The molecular weight excluding hydrogens is 296 g/mol. The lowest BCUT2D eigenvalue weighted by molar-refractivity contribution is 0.601. The topological polar surface area (TPSA) is 59.1 Å². The molecule has 0 aliphatic heterocycles. The van der Waals surface area contributed by atoms with Crippen LogP contribution in [0.4, 0.5) is 5.69 Å². The molecule has 0 bridgehead atoms. The Labute approximate surface area is 129 Å². The van der Waals surface area contributed by atoms with Gasteiger partial charge in [0.2, 0.25) is 0 Å². The molecule has 0 aliphatic rings. The van der Waals surface area contributed by atoms with Gasteiger partial charge in [0, 0.05) is 11.6 Å². The maximum atomic E-state index is 12.6. The summed E-state index contributed by atoms with van der Waals surface area (Å²) in [6, 6.07) is 14.3. The molecule has 2 aromatic carbocycles. The predicted molar refractivity (Wildman–Crippen MR) is 88.5 cm³/mol. The van der Waals surface area contributed by atoms with E-state index in [1.54, 1.807) is 30.5 Å². The fourth-order valence-corrected chi connectivity index (χ4v) is 3.42. The first-order chi connectivity index (χ1) is 10.5. The average Bonchev–Trinajstić information content (AvgIpc) is 2.50. The van der Waals surface area contributed by atoms with Crippen LogP contribution in [0.1, 0.15) is 11.1 Å². The number of rotatable bonds is 3. The van der Waals surface area contributed by atoms with Crippen LogP contribution in [0.25, 0.3) is 10.9 Å². The number of aryl methyl sites for hydroxylation is 2. The van der Waals surface area contributed by atoms with Crippen molar-refractivity contribution in [3.05, 3.63) is 65.9 Å². The fourth-order valence-electron chi connectivity index (χ4n) is 2.29. The molecule has 1 N–H and O–H groups in total. The van der Waals surface area contributed by atoms with Crippen molar-refractivity contribution in [2.45, 2.75) is 18.7 Å². The molecule has 5 heteroatoms. The number of benzene rings is 2. The molecule has 0 saturated carbocycles. The summed E-state index contributed by atoms with van der Waals surface area (Å²) in [6.07, 6.45) is 1.66. The molecule has 0 aliphatic carbocycles. The first kappa shape index (κ1) is 14.5. The SMILES string of the molecule is Cc1ccc(S(=O)(=O)Nc2c(C)ccc3cccnc23)cc1. The summed E-state index contributed by atoms with van der Waals surface area (Å²) in [6.45, 7) is 3.78. The first-order valence-corrected chi connectivity index (χ1v) is 8.39. The number of nitrogens with one attached hydrogen (secondary N) is 1. The smallest absolute Gasteiger partial charge is 0.261 e. The van der Waals surface area contributed by atoms with E-state index in [9.17, 15) is 8.42 Å². The van der Waals surface area contributed by atoms with Crippen molar-refractivity contribution < 1.29 is 8.42 Å². The summed E-state index contributed by atoms with van der Waals surface area (Å²) in [5.41, 5.74) is 3.03.